The monoisotopic (exact) mass is 301 g/mol. The number of nitrogen functional groups attached to an aromatic ring is 1. The maximum Gasteiger partial charge on any atom is 0.258 e. The largest absolute Gasteiger partial charge is 0.311 e. The van der Waals surface area contributed by atoms with E-state index >= 15 is 0 Å². The third kappa shape index (κ3) is 3.28. The SMILES string of the molecule is CN(C(=O)c1cc(Cl)nc(NN)c1)c1cccc(C#N)c1. The minimum absolute atomic E-state index is 0.160. The van der Waals surface area contributed by atoms with Crippen molar-refractivity contribution in [2.75, 3.05) is 17.4 Å². The number of hydrazine groups is 1. The lowest BCUT2D eigenvalue weighted by Gasteiger charge is -2.18. The molecule has 0 saturated heterocycles. The highest BCUT2D eigenvalue weighted by Crippen LogP contribution is 2.20. The van der Waals surface area contributed by atoms with Crippen LogP contribution in [-0.4, -0.2) is 17.9 Å². The fraction of sp³-hybridized carbons (Fsp3) is 0.0714. The van der Waals surface area contributed by atoms with Crippen LogP contribution in [0.4, 0.5) is 11.5 Å². The zero-order valence-corrected chi connectivity index (χ0v) is 11.9. The number of nitrogens with zero attached hydrogens (tertiary/aromatic N) is 3. The molecule has 6 nitrogen and oxygen atoms in total. The number of benzene rings is 1. The van der Waals surface area contributed by atoms with E-state index in [4.69, 9.17) is 22.7 Å². The summed E-state index contributed by atoms with van der Waals surface area (Å²) in [7, 11) is 1.61. The fourth-order valence-corrected chi connectivity index (χ4v) is 2.00. The number of nitriles is 1. The molecule has 1 aromatic carbocycles. The number of halogens is 1. The topological polar surface area (TPSA) is 95.0 Å². The molecular weight excluding hydrogens is 290 g/mol. The van der Waals surface area contributed by atoms with Crippen molar-refractivity contribution in [1.29, 1.82) is 5.26 Å². The van der Waals surface area contributed by atoms with E-state index in [-0.39, 0.29) is 11.1 Å². The molecular formula is C14H12ClN5O. The Kier molecular flexibility index (Phi) is 4.38. The molecule has 1 heterocycles. The number of nitrogens with two attached hydrogens (primary N) is 1. The number of hydrogen-bond acceptors (Lipinski definition) is 5. The van der Waals surface area contributed by atoms with E-state index in [1.807, 2.05) is 6.07 Å². The summed E-state index contributed by atoms with van der Waals surface area (Å²) in [5.41, 5.74) is 3.77. The number of anilines is 2. The second kappa shape index (κ2) is 6.22. The molecule has 0 saturated carbocycles. The van der Waals surface area contributed by atoms with Crippen LogP contribution in [0, 0.1) is 11.3 Å². The average molecular weight is 302 g/mol. The van der Waals surface area contributed by atoms with Gasteiger partial charge in [0.2, 0.25) is 0 Å². The van der Waals surface area contributed by atoms with E-state index in [2.05, 4.69) is 10.4 Å². The normalized spacial score (nSPS) is 9.81. The van der Waals surface area contributed by atoms with E-state index in [0.717, 1.165) is 0 Å². The third-order valence-corrected chi connectivity index (χ3v) is 3.05. The highest BCUT2D eigenvalue weighted by Gasteiger charge is 2.15. The molecule has 0 unspecified atom stereocenters. The van der Waals surface area contributed by atoms with Gasteiger partial charge in [0, 0.05) is 18.3 Å². The molecule has 1 aromatic heterocycles. The molecule has 2 aromatic rings. The first-order valence-electron chi connectivity index (χ1n) is 5.97. The van der Waals surface area contributed by atoms with Gasteiger partial charge in [0.15, 0.2) is 0 Å². The van der Waals surface area contributed by atoms with Gasteiger partial charge in [-0.15, -0.1) is 0 Å². The molecule has 0 radical (unpaired) electrons. The number of hydrogen-bond donors (Lipinski definition) is 2. The van der Waals surface area contributed by atoms with Crippen molar-refractivity contribution in [2.45, 2.75) is 0 Å². The Morgan fingerprint density at radius 3 is 2.86 bits per heavy atom. The molecule has 21 heavy (non-hydrogen) atoms. The first kappa shape index (κ1) is 14.8. The van der Waals surface area contributed by atoms with E-state index < -0.39 is 0 Å². The van der Waals surface area contributed by atoms with Crippen molar-refractivity contribution >= 4 is 29.0 Å². The lowest BCUT2D eigenvalue weighted by molar-refractivity contribution is 0.0993. The summed E-state index contributed by atoms with van der Waals surface area (Å²) in [5, 5.41) is 9.06. The van der Waals surface area contributed by atoms with E-state index in [1.54, 1.807) is 31.3 Å². The zero-order valence-electron chi connectivity index (χ0n) is 11.2. The van der Waals surface area contributed by atoms with Crippen LogP contribution in [0.2, 0.25) is 5.15 Å². The van der Waals surface area contributed by atoms with Gasteiger partial charge in [-0.05, 0) is 30.3 Å². The summed E-state index contributed by atoms with van der Waals surface area (Å²) >= 11 is 5.85. The Morgan fingerprint density at radius 1 is 1.43 bits per heavy atom. The number of aromatic nitrogens is 1. The van der Waals surface area contributed by atoms with Crippen LogP contribution in [0.15, 0.2) is 36.4 Å². The zero-order chi connectivity index (χ0) is 15.4. The van der Waals surface area contributed by atoms with Crippen LogP contribution in [0.5, 0.6) is 0 Å². The molecule has 2 rings (SSSR count). The minimum atomic E-state index is -0.286. The Labute approximate surface area is 126 Å². The molecule has 106 valence electrons. The number of amides is 1. The van der Waals surface area contributed by atoms with Crippen LogP contribution < -0.4 is 16.2 Å². The quantitative estimate of drug-likeness (QED) is 0.514. The Balaban J connectivity index is 2.35. The van der Waals surface area contributed by atoms with Crippen molar-refractivity contribution in [3.05, 3.63) is 52.7 Å². The van der Waals surface area contributed by atoms with Gasteiger partial charge in [-0.25, -0.2) is 10.8 Å². The van der Waals surface area contributed by atoms with Gasteiger partial charge in [-0.3, -0.25) is 4.79 Å². The summed E-state index contributed by atoms with van der Waals surface area (Å²) in [6.07, 6.45) is 0. The number of carbonyl (C=O) groups is 1. The van der Waals surface area contributed by atoms with E-state index in [0.29, 0.717) is 22.6 Å². The lowest BCUT2D eigenvalue weighted by Crippen LogP contribution is -2.26. The van der Waals surface area contributed by atoms with Gasteiger partial charge in [0.1, 0.15) is 11.0 Å². The molecule has 0 fully saturated rings. The highest BCUT2D eigenvalue weighted by molar-refractivity contribution is 6.30. The van der Waals surface area contributed by atoms with Gasteiger partial charge in [0.25, 0.3) is 5.91 Å². The summed E-state index contributed by atoms with van der Waals surface area (Å²) in [5.74, 6) is 5.29. The number of rotatable bonds is 3. The molecule has 0 aliphatic heterocycles. The predicted molar refractivity (Wildman–Crippen MR) is 80.9 cm³/mol. The smallest absolute Gasteiger partial charge is 0.258 e. The molecule has 1 amide bonds. The molecule has 0 spiro atoms. The minimum Gasteiger partial charge on any atom is -0.311 e. The van der Waals surface area contributed by atoms with Crippen molar-refractivity contribution < 1.29 is 4.79 Å². The van der Waals surface area contributed by atoms with Crippen LogP contribution in [0.1, 0.15) is 15.9 Å². The fourth-order valence-electron chi connectivity index (χ4n) is 1.79. The van der Waals surface area contributed by atoms with Crippen LogP contribution in [0.25, 0.3) is 0 Å². The summed E-state index contributed by atoms with van der Waals surface area (Å²) < 4.78 is 0. The van der Waals surface area contributed by atoms with Crippen LogP contribution in [-0.2, 0) is 0 Å². The first-order chi connectivity index (χ1) is 10.0. The number of nitrogens with one attached hydrogen (secondary N) is 1. The molecule has 7 heteroatoms. The number of pyridine rings is 1. The van der Waals surface area contributed by atoms with Gasteiger partial charge in [0.05, 0.1) is 11.6 Å². The Hall–Kier alpha value is -2.62. The predicted octanol–water partition coefficient (Wildman–Crippen LogP) is 2.17. The van der Waals surface area contributed by atoms with Gasteiger partial charge >= 0.3 is 0 Å². The summed E-state index contributed by atoms with van der Waals surface area (Å²) in [6.45, 7) is 0. The van der Waals surface area contributed by atoms with Crippen molar-refractivity contribution in [3.8, 4) is 6.07 Å². The highest BCUT2D eigenvalue weighted by atomic mass is 35.5. The molecule has 0 aliphatic carbocycles. The Bertz CT molecular complexity index is 726. The van der Waals surface area contributed by atoms with Crippen molar-refractivity contribution in [2.24, 2.45) is 5.84 Å². The molecule has 3 N–H and O–H groups in total. The Morgan fingerprint density at radius 2 is 2.19 bits per heavy atom. The van der Waals surface area contributed by atoms with Crippen molar-refractivity contribution in [1.82, 2.24) is 4.98 Å². The van der Waals surface area contributed by atoms with Gasteiger partial charge in [-0.2, -0.15) is 5.26 Å². The van der Waals surface area contributed by atoms with Crippen LogP contribution in [0.3, 0.4) is 0 Å². The van der Waals surface area contributed by atoms with Gasteiger partial charge in [-0.1, -0.05) is 17.7 Å². The number of carbonyl (C=O) groups excluding carboxylic acids is 1. The standard InChI is InChI=1S/C14H12ClN5O/c1-20(11-4-2-3-9(5-11)8-16)14(21)10-6-12(15)18-13(7-10)19-17/h2-7H,17H2,1H3,(H,18,19). The molecule has 0 bridgehead atoms. The van der Waals surface area contributed by atoms with Gasteiger partial charge < -0.3 is 10.3 Å². The van der Waals surface area contributed by atoms with E-state index in [1.165, 1.54) is 17.0 Å². The summed E-state index contributed by atoms with van der Waals surface area (Å²) in [6, 6.07) is 11.7. The average Bonchev–Trinajstić information content (AvgIpc) is 2.52. The third-order valence-electron chi connectivity index (χ3n) is 2.86. The lowest BCUT2D eigenvalue weighted by atomic mass is 10.2. The summed E-state index contributed by atoms with van der Waals surface area (Å²) in [4.78, 5) is 17.8. The second-order valence-electron chi connectivity index (χ2n) is 4.23. The maximum absolute atomic E-state index is 12.5. The van der Waals surface area contributed by atoms with E-state index in [9.17, 15) is 4.79 Å². The first-order valence-corrected chi connectivity index (χ1v) is 6.35. The molecule has 0 atom stereocenters. The molecule has 0 aliphatic rings. The van der Waals surface area contributed by atoms with Crippen LogP contribution >= 0.6 is 11.6 Å². The maximum atomic E-state index is 12.5. The second-order valence-corrected chi connectivity index (χ2v) is 4.62. The van der Waals surface area contributed by atoms with Crippen molar-refractivity contribution in [3.63, 3.8) is 0 Å².